The van der Waals surface area contributed by atoms with Crippen molar-refractivity contribution in [3.63, 3.8) is 0 Å². The number of anilines is 2. The second-order valence-corrected chi connectivity index (χ2v) is 6.12. The Kier molecular flexibility index (Phi) is 4.15. The molecule has 2 aromatic carbocycles. The number of halogens is 4. The van der Waals surface area contributed by atoms with Crippen LogP contribution in [0.4, 0.5) is 24.5 Å². The van der Waals surface area contributed by atoms with Crippen LogP contribution in [-0.2, 0) is 19.1 Å². The van der Waals surface area contributed by atoms with Gasteiger partial charge in [-0.1, -0.05) is 17.7 Å². The quantitative estimate of drug-likeness (QED) is 0.788. The summed E-state index contributed by atoms with van der Waals surface area (Å²) in [4.78, 5) is 2.13. The van der Waals surface area contributed by atoms with E-state index in [2.05, 4.69) is 4.90 Å². The van der Waals surface area contributed by atoms with E-state index in [-0.39, 0.29) is 5.02 Å². The molecule has 0 aliphatic carbocycles. The Bertz CT molecular complexity index is 728. The van der Waals surface area contributed by atoms with E-state index >= 15 is 0 Å². The van der Waals surface area contributed by atoms with Crippen molar-refractivity contribution in [3.8, 4) is 0 Å². The smallest absolute Gasteiger partial charge is 0.399 e. The summed E-state index contributed by atoms with van der Waals surface area (Å²) in [6, 6.07) is 9.28. The van der Waals surface area contributed by atoms with Crippen molar-refractivity contribution < 1.29 is 13.2 Å². The zero-order valence-corrected chi connectivity index (χ0v) is 13.1. The first-order valence-corrected chi connectivity index (χ1v) is 7.71. The highest BCUT2D eigenvalue weighted by molar-refractivity contribution is 6.31. The predicted octanol–water partition coefficient (Wildman–Crippen LogP) is 4.89. The molecule has 0 fully saturated rings. The molecule has 6 heteroatoms. The van der Waals surface area contributed by atoms with E-state index in [9.17, 15) is 13.2 Å². The van der Waals surface area contributed by atoms with Gasteiger partial charge in [0.1, 0.15) is 0 Å². The van der Waals surface area contributed by atoms with E-state index in [0.717, 1.165) is 42.9 Å². The Hall–Kier alpha value is -1.88. The van der Waals surface area contributed by atoms with Crippen LogP contribution in [0.25, 0.3) is 0 Å². The first kappa shape index (κ1) is 16.0. The van der Waals surface area contributed by atoms with E-state index in [0.29, 0.717) is 12.1 Å². The maximum atomic E-state index is 12.7. The molecule has 0 amide bonds. The molecule has 1 aliphatic heterocycles. The van der Waals surface area contributed by atoms with Gasteiger partial charge < -0.3 is 10.6 Å². The molecule has 2 nitrogen and oxygen atoms in total. The van der Waals surface area contributed by atoms with Crippen molar-refractivity contribution in [1.82, 2.24) is 0 Å². The second kappa shape index (κ2) is 5.96. The van der Waals surface area contributed by atoms with E-state index in [1.807, 2.05) is 18.2 Å². The summed E-state index contributed by atoms with van der Waals surface area (Å²) >= 11 is 6.06. The molecule has 23 heavy (non-hydrogen) atoms. The van der Waals surface area contributed by atoms with Crippen LogP contribution in [0.15, 0.2) is 36.4 Å². The first-order valence-electron chi connectivity index (χ1n) is 7.33. The largest absolute Gasteiger partial charge is 0.416 e. The fraction of sp³-hybridized carbons (Fsp3) is 0.294. The van der Waals surface area contributed by atoms with Crippen LogP contribution in [0.2, 0.25) is 5.02 Å². The maximum Gasteiger partial charge on any atom is 0.416 e. The van der Waals surface area contributed by atoms with Crippen molar-refractivity contribution >= 4 is 23.0 Å². The second-order valence-electron chi connectivity index (χ2n) is 5.72. The third-order valence-corrected chi connectivity index (χ3v) is 4.41. The van der Waals surface area contributed by atoms with Crippen LogP contribution in [0, 0.1) is 0 Å². The van der Waals surface area contributed by atoms with Crippen molar-refractivity contribution in [2.75, 3.05) is 17.2 Å². The number of rotatable bonds is 2. The van der Waals surface area contributed by atoms with Crippen LogP contribution < -0.4 is 10.6 Å². The lowest BCUT2D eigenvalue weighted by molar-refractivity contribution is -0.137. The van der Waals surface area contributed by atoms with Crippen molar-refractivity contribution in [3.05, 3.63) is 58.1 Å². The van der Waals surface area contributed by atoms with Gasteiger partial charge in [-0.2, -0.15) is 13.2 Å². The Labute approximate surface area is 137 Å². The van der Waals surface area contributed by atoms with Crippen LogP contribution in [0.5, 0.6) is 0 Å². The summed E-state index contributed by atoms with van der Waals surface area (Å²) in [5.74, 6) is 0. The molecular formula is C17H16ClF3N2. The van der Waals surface area contributed by atoms with Crippen molar-refractivity contribution in [1.29, 1.82) is 0 Å². The molecule has 0 saturated heterocycles. The van der Waals surface area contributed by atoms with Gasteiger partial charge in [0.2, 0.25) is 0 Å². The Morgan fingerprint density at radius 1 is 1.13 bits per heavy atom. The summed E-state index contributed by atoms with van der Waals surface area (Å²) < 4.78 is 38.1. The minimum atomic E-state index is -4.38. The molecular weight excluding hydrogens is 325 g/mol. The monoisotopic (exact) mass is 340 g/mol. The SMILES string of the molecule is Nc1ccc2c(c1)CCCN2Cc1ccc(C(F)(F)F)cc1Cl. The van der Waals surface area contributed by atoms with Crippen molar-refractivity contribution in [2.24, 2.45) is 0 Å². The highest BCUT2D eigenvalue weighted by atomic mass is 35.5. The van der Waals surface area contributed by atoms with E-state index in [4.69, 9.17) is 17.3 Å². The molecule has 0 unspecified atom stereocenters. The van der Waals surface area contributed by atoms with Gasteiger partial charge in [0.15, 0.2) is 0 Å². The molecule has 0 radical (unpaired) electrons. The zero-order chi connectivity index (χ0) is 16.6. The Morgan fingerprint density at radius 2 is 1.91 bits per heavy atom. The maximum absolute atomic E-state index is 12.7. The number of benzene rings is 2. The summed E-state index contributed by atoms with van der Waals surface area (Å²) in [7, 11) is 0. The van der Waals surface area contributed by atoms with Gasteiger partial charge in [0.05, 0.1) is 5.56 Å². The van der Waals surface area contributed by atoms with Gasteiger partial charge in [-0.05, 0) is 54.3 Å². The van der Waals surface area contributed by atoms with E-state index < -0.39 is 11.7 Å². The normalized spacial score (nSPS) is 14.7. The molecule has 0 saturated carbocycles. The average molecular weight is 341 g/mol. The standard InChI is InChI=1S/C17H16ClF3N2/c18-15-9-13(17(19,20)21)4-3-12(15)10-23-7-1-2-11-8-14(22)5-6-16(11)23/h3-6,8-9H,1-2,7,10,22H2. The van der Waals surface area contributed by atoms with Crippen LogP contribution in [0.1, 0.15) is 23.1 Å². The lowest BCUT2D eigenvalue weighted by atomic mass is 10.00. The fourth-order valence-electron chi connectivity index (χ4n) is 2.92. The molecule has 0 atom stereocenters. The summed E-state index contributed by atoms with van der Waals surface area (Å²) in [6.45, 7) is 1.32. The lowest BCUT2D eigenvalue weighted by Crippen LogP contribution is -2.29. The molecule has 0 aromatic heterocycles. The Morgan fingerprint density at radius 3 is 2.61 bits per heavy atom. The van der Waals surface area contributed by atoms with Gasteiger partial charge >= 0.3 is 6.18 Å². The minimum absolute atomic E-state index is 0.141. The van der Waals surface area contributed by atoms with Gasteiger partial charge in [-0.25, -0.2) is 0 Å². The number of alkyl halides is 3. The number of nitrogens with zero attached hydrogens (tertiary/aromatic N) is 1. The molecule has 0 bridgehead atoms. The number of fused-ring (bicyclic) bond motifs is 1. The molecule has 0 spiro atoms. The molecule has 3 rings (SSSR count). The van der Waals surface area contributed by atoms with Gasteiger partial charge in [0.25, 0.3) is 0 Å². The highest BCUT2D eigenvalue weighted by Gasteiger charge is 2.31. The van der Waals surface area contributed by atoms with E-state index in [1.165, 1.54) is 11.6 Å². The number of aryl methyl sites for hydroxylation is 1. The molecule has 1 heterocycles. The molecule has 122 valence electrons. The van der Waals surface area contributed by atoms with Crippen LogP contribution >= 0.6 is 11.6 Å². The van der Waals surface area contributed by atoms with Gasteiger partial charge in [0, 0.05) is 29.5 Å². The van der Waals surface area contributed by atoms with Gasteiger partial charge in [-0.3, -0.25) is 0 Å². The number of nitrogens with two attached hydrogens (primary N) is 1. The summed E-state index contributed by atoms with van der Waals surface area (Å²) in [5, 5.41) is 0.141. The Balaban J connectivity index is 1.86. The van der Waals surface area contributed by atoms with Crippen LogP contribution in [0.3, 0.4) is 0 Å². The third-order valence-electron chi connectivity index (χ3n) is 4.06. The lowest BCUT2D eigenvalue weighted by Gasteiger charge is -2.32. The predicted molar refractivity (Wildman–Crippen MR) is 86.7 cm³/mol. The number of nitrogen functional groups attached to an aromatic ring is 1. The fourth-order valence-corrected chi connectivity index (χ4v) is 3.16. The molecule has 1 aliphatic rings. The van der Waals surface area contributed by atoms with Gasteiger partial charge in [-0.15, -0.1) is 0 Å². The average Bonchev–Trinajstić information content (AvgIpc) is 2.48. The van der Waals surface area contributed by atoms with E-state index in [1.54, 1.807) is 0 Å². The summed E-state index contributed by atoms with van der Waals surface area (Å²) in [6.07, 6.45) is -2.44. The highest BCUT2D eigenvalue weighted by Crippen LogP contribution is 2.34. The zero-order valence-electron chi connectivity index (χ0n) is 12.3. The molecule has 2 aromatic rings. The topological polar surface area (TPSA) is 29.3 Å². The first-order chi connectivity index (χ1) is 10.8. The summed E-state index contributed by atoms with van der Waals surface area (Å²) in [5.41, 5.74) is 8.73. The minimum Gasteiger partial charge on any atom is -0.399 e. The van der Waals surface area contributed by atoms with Crippen molar-refractivity contribution in [2.45, 2.75) is 25.6 Å². The number of hydrogen-bond acceptors (Lipinski definition) is 2. The number of hydrogen-bond donors (Lipinski definition) is 1. The third kappa shape index (κ3) is 3.39. The van der Waals surface area contributed by atoms with Crippen LogP contribution in [-0.4, -0.2) is 6.54 Å². The molecule has 2 N–H and O–H groups in total.